The molecule has 2 atom stereocenters. The zero-order chi connectivity index (χ0) is 18.1. The highest BCUT2D eigenvalue weighted by molar-refractivity contribution is 7.20. The highest BCUT2D eigenvalue weighted by atomic mass is 32.1. The first kappa shape index (κ1) is 19.9. The first-order valence-electron chi connectivity index (χ1n) is 9.90. The third kappa shape index (κ3) is 5.81. The van der Waals surface area contributed by atoms with Crippen LogP contribution in [-0.2, 0) is 0 Å². The van der Waals surface area contributed by atoms with E-state index in [1.54, 1.807) is 11.3 Å². The van der Waals surface area contributed by atoms with Gasteiger partial charge < -0.3 is 0 Å². The van der Waals surface area contributed by atoms with Crippen LogP contribution < -0.4 is 0 Å². The molecular formula is C23H32OS. The topological polar surface area (TPSA) is 17.1 Å². The van der Waals surface area contributed by atoms with Crippen LogP contribution in [0.25, 0.3) is 10.1 Å². The molecule has 0 aliphatic rings. The lowest BCUT2D eigenvalue weighted by Gasteiger charge is -2.24. The predicted molar refractivity (Wildman–Crippen MR) is 112 cm³/mol. The van der Waals surface area contributed by atoms with Crippen molar-refractivity contribution in [3.63, 3.8) is 0 Å². The summed E-state index contributed by atoms with van der Waals surface area (Å²) < 4.78 is 1.19. The smallest absolute Gasteiger partial charge is 0.195 e. The van der Waals surface area contributed by atoms with Crippen LogP contribution in [0.5, 0.6) is 0 Å². The number of hydrogen-bond donors (Lipinski definition) is 0. The number of benzene rings is 1. The fourth-order valence-electron chi connectivity index (χ4n) is 3.63. The predicted octanol–water partition coefficient (Wildman–Crippen LogP) is 7.66. The lowest BCUT2D eigenvalue weighted by Crippen LogP contribution is -2.13. The monoisotopic (exact) mass is 356 g/mol. The Kier molecular flexibility index (Phi) is 8.40. The van der Waals surface area contributed by atoms with Crippen molar-refractivity contribution < 1.29 is 4.79 Å². The Morgan fingerprint density at radius 1 is 1.04 bits per heavy atom. The van der Waals surface area contributed by atoms with Gasteiger partial charge >= 0.3 is 0 Å². The molecule has 0 N–H and O–H groups in total. The molecule has 0 amide bonds. The van der Waals surface area contributed by atoms with Gasteiger partial charge in [-0.15, -0.1) is 11.3 Å². The average molecular weight is 357 g/mol. The summed E-state index contributed by atoms with van der Waals surface area (Å²) in [6, 6.07) is 10.3. The standard InChI is InChI=1S/C23H32OS/c1-4-7-12-18(10-5-2)19(11-6-3)15-16-21(24)23-17-20-13-8-9-14-22(20)25-23/h8-9,13-19H,4-7,10-12H2,1-3H3/b16-15+. The fraction of sp³-hybridized carbons (Fsp3) is 0.522. The third-order valence-corrected chi connectivity index (χ3v) is 6.11. The van der Waals surface area contributed by atoms with E-state index in [1.807, 2.05) is 24.3 Å². The molecule has 0 saturated carbocycles. The summed E-state index contributed by atoms with van der Waals surface area (Å²) in [7, 11) is 0. The van der Waals surface area contributed by atoms with E-state index >= 15 is 0 Å². The molecule has 0 spiro atoms. The normalized spacial score (nSPS) is 14.2. The second-order valence-corrected chi connectivity index (χ2v) is 8.10. The lowest BCUT2D eigenvalue weighted by molar-refractivity contribution is 0.104. The molecule has 0 aliphatic heterocycles. The number of rotatable bonds is 11. The highest BCUT2D eigenvalue weighted by Crippen LogP contribution is 2.30. The second kappa shape index (κ2) is 10.6. The quantitative estimate of drug-likeness (QED) is 0.298. The molecule has 2 heteroatoms. The van der Waals surface area contributed by atoms with Gasteiger partial charge in [0.2, 0.25) is 0 Å². The molecule has 0 radical (unpaired) electrons. The van der Waals surface area contributed by atoms with E-state index in [0.29, 0.717) is 5.92 Å². The van der Waals surface area contributed by atoms with Crippen molar-refractivity contribution in [2.24, 2.45) is 11.8 Å². The van der Waals surface area contributed by atoms with Crippen molar-refractivity contribution in [1.82, 2.24) is 0 Å². The first-order chi connectivity index (χ1) is 12.2. The van der Waals surface area contributed by atoms with Crippen molar-refractivity contribution in [2.75, 3.05) is 0 Å². The maximum atomic E-state index is 12.6. The van der Waals surface area contributed by atoms with E-state index in [4.69, 9.17) is 0 Å². The van der Waals surface area contributed by atoms with Crippen molar-refractivity contribution >= 4 is 27.2 Å². The van der Waals surface area contributed by atoms with Crippen LogP contribution in [0, 0.1) is 11.8 Å². The summed E-state index contributed by atoms with van der Waals surface area (Å²) in [5, 5.41) is 1.17. The molecule has 2 aromatic rings. The van der Waals surface area contributed by atoms with E-state index in [2.05, 4.69) is 39.0 Å². The minimum Gasteiger partial charge on any atom is -0.288 e. The Bertz CT molecular complexity index is 649. The van der Waals surface area contributed by atoms with Crippen LogP contribution in [0.15, 0.2) is 42.5 Å². The zero-order valence-electron chi connectivity index (χ0n) is 16.0. The molecule has 1 heterocycles. The van der Waals surface area contributed by atoms with Gasteiger partial charge in [-0.2, -0.15) is 0 Å². The van der Waals surface area contributed by atoms with E-state index in [9.17, 15) is 4.79 Å². The van der Waals surface area contributed by atoms with E-state index in [0.717, 1.165) is 10.8 Å². The Labute approximate surface area is 157 Å². The number of hydrogen-bond acceptors (Lipinski definition) is 2. The summed E-state index contributed by atoms with van der Waals surface area (Å²) in [5.74, 6) is 1.42. The maximum Gasteiger partial charge on any atom is 0.195 e. The van der Waals surface area contributed by atoms with Gasteiger partial charge in [0.05, 0.1) is 4.88 Å². The molecule has 136 valence electrons. The van der Waals surface area contributed by atoms with Crippen molar-refractivity contribution in [3.8, 4) is 0 Å². The van der Waals surface area contributed by atoms with Crippen LogP contribution in [-0.4, -0.2) is 5.78 Å². The Hall–Kier alpha value is -1.41. The minimum absolute atomic E-state index is 0.160. The summed E-state index contributed by atoms with van der Waals surface area (Å²) in [6.07, 6.45) is 12.8. The molecule has 0 saturated heterocycles. The number of thiophene rings is 1. The van der Waals surface area contributed by atoms with Crippen LogP contribution in [0.4, 0.5) is 0 Å². The molecule has 0 aliphatic carbocycles. The van der Waals surface area contributed by atoms with Crippen LogP contribution >= 0.6 is 11.3 Å². The molecule has 2 unspecified atom stereocenters. The van der Waals surface area contributed by atoms with Gasteiger partial charge in [-0.3, -0.25) is 4.79 Å². The summed E-state index contributed by atoms with van der Waals surface area (Å²) in [6.45, 7) is 6.78. The second-order valence-electron chi connectivity index (χ2n) is 7.02. The van der Waals surface area contributed by atoms with Gasteiger partial charge in [0, 0.05) is 4.70 Å². The number of carbonyl (C=O) groups excluding carboxylic acids is 1. The highest BCUT2D eigenvalue weighted by Gasteiger charge is 2.18. The van der Waals surface area contributed by atoms with Gasteiger partial charge in [0.1, 0.15) is 0 Å². The Morgan fingerprint density at radius 2 is 1.80 bits per heavy atom. The summed E-state index contributed by atoms with van der Waals surface area (Å²) >= 11 is 1.60. The summed E-state index contributed by atoms with van der Waals surface area (Å²) in [5.41, 5.74) is 0. The lowest BCUT2D eigenvalue weighted by atomic mass is 9.81. The Morgan fingerprint density at radius 3 is 2.48 bits per heavy atom. The largest absolute Gasteiger partial charge is 0.288 e. The average Bonchev–Trinajstić information content (AvgIpc) is 3.06. The van der Waals surface area contributed by atoms with E-state index in [-0.39, 0.29) is 5.78 Å². The van der Waals surface area contributed by atoms with Crippen LogP contribution in [0.1, 0.15) is 75.4 Å². The van der Waals surface area contributed by atoms with Gasteiger partial charge in [-0.25, -0.2) is 0 Å². The number of fused-ring (bicyclic) bond motifs is 1. The van der Waals surface area contributed by atoms with Crippen LogP contribution in [0.3, 0.4) is 0 Å². The molecule has 25 heavy (non-hydrogen) atoms. The van der Waals surface area contributed by atoms with Gasteiger partial charge in [-0.05, 0) is 48.3 Å². The van der Waals surface area contributed by atoms with E-state index < -0.39 is 0 Å². The molecule has 0 bridgehead atoms. The van der Waals surface area contributed by atoms with E-state index in [1.165, 1.54) is 55.0 Å². The van der Waals surface area contributed by atoms with Crippen molar-refractivity contribution in [2.45, 2.75) is 65.7 Å². The number of unbranched alkanes of at least 4 members (excludes halogenated alkanes) is 1. The Balaban J connectivity index is 2.11. The molecule has 2 rings (SSSR count). The van der Waals surface area contributed by atoms with Crippen molar-refractivity contribution in [1.29, 1.82) is 0 Å². The zero-order valence-corrected chi connectivity index (χ0v) is 16.8. The molecule has 1 nitrogen and oxygen atoms in total. The SMILES string of the molecule is CCCCC(CCC)C(/C=C/C(=O)c1cc2ccccc2s1)CCC. The minimum atomic E-state index is 0.160. The van der Waals surface area contributed by atoms with Gasteiger partial charge in [0.15, 0.2) is 5.78 Å². The number of carbonyl (C=O) groups is 1. The maximum absolute atomic E-state index is 12.6. The van der Waals surface area contributed by atoms with Gasteiger partial charge in [0.25, 0.3) is 0 Å². The van der Waals surface area contributed by atoms with Crippen molar-refractivity contribution in [3.05, 3.63) is 47.4 Å². The first-order valence-corrected chi connectivity index (χ1v) is 10.7. The fourth-order valence-corrected chi connectivity index (χ4v) is 4.61. The number of ketones is 1. The third-order valence-electron chi connectivity index (χ3n) is 4.98. The van der Waals surface area contributed by atoms with Gasteiger partial charge in [-0.1, -0.05) is 77.2 Å². The molecule has 1 aromatic heterocycles. The molecule has 1 aromatic carbocycles. The number of allylic oxidation sites excluding steroid dienone is 2. The summed E-state index contributed by atoms with van der Waals surface area (Å²) in [4.78, 5) is 13.5. The molecule has 0 fully saturated rings. The van der Waals surface area contributed by atoms with Crippen LogP contribution in [0.2, 0.25) is 0 Å². The molecular weight excluding hydrogens is 324 g/mol.